The minimum atomic E-state index is -0.264. The van der Waals surface area contributed by atoms with Crippen molar-refractivity contribution in [1.29, 1.82) is 0 Å². The zero-order chi connectivity index (χ0) is 25.9. The van der Waals surface area contributed by atoms with Gasteiger partial charge >= 0.3 is 0 Å². The zero-order valence-electron chi connectivity index (χ0n) is 20.8. The number of imidazole rings is 1. The maximum absolute atomic E-state index is 13.2. The van der Waals surface area contributed by atoms with E-state index in [4.69, 9.17) is 9.40 Å². The van der Waals surface area contributed by atoms with Gasteiger partial charge in [0.15, 0.2) is 11.7 Å². The third-order valence-corrected chi connectivity index (χ3v) is 7.13. The summed E-state index contributed by atoms with van der Waals surface area (Å²) in [6.07, 6.45) is 4.49. The summed E-state index contributed by atoms with van der Waals surface area (Å²) < 4.78 is 7.56. The average Bonchev–Trinajstić information content (AvgIpc) is 3.65. The molecule has 4 aromatic heterocycles. The van der Waals surface area contributed by atoms with Crippen molar-refractivity contribution in [3.05, 3.63) is 77.4 Å². The van der Waals surface area contributed by atoms with Gasteiger partial charge in [-0.3, -0.25) is 19.9 Å². The number of hydrogen-bond donors (Lipinski definition) is 1. The van der Waals surface area contributed by atoms with E-state index >= 15 is 0 Å². The Morgan fingerprint density at radius 2 is 2.00 bits per heavy atom. The molecule has 0 radical (unpaired) electrons. The van der Waals surface area contributed by atoms with Gasteiger partial charge in [-0.15, -0.1) is 11.3 Å². The summed E-state index contributed by atoms with van der Waals surface area (Å²) in [6.45, 7) is 4.18. The minimum absolute atomic E-state index is 0.0120. The van der Waals surface area contributed by atoms with Crippen LogP contribution >= 0.6 is 11.3 Å². The molecule has 0 saturated carbocycles. The van der Waals surface area contributed by atoms with Crippen molar-refractivity contribution < 1.29 is 14.0 Å². The van der Waals surface area contributed by atoms with E-state index in [1.54, 1.807) is 37.3 Å². The molecule has 1 N–H and O–H groups in total. The number of carbonyl (C=O) groups excluding carboxylic acids is 2. The van der Waals surface area contributed by atoms with E-state index in [0.29, 0.717) is 47.4 Å². The van der Waals surface area contributed by atoms with Gasteiger partial charge in [-0.1, -0.05) is 13.0 Å². The molecular weight excluding hydrogens is 488 g/mol. The van der Waals surface area contributed by atoms with Crippen LogP contribution in [0.5, 0.6) is 0 Å². The van der Waals surface area contributed by atoms with Crippen molar-refractivity contribution >= 4 is 45.8 Å². The normalized spacial score (nSPS) is 11.1. The number of oxazole rings is 1. The van der Waals surface area contributed by atoms with E-state index < -0.39 is 0 Å². The summed E-state index contributed by atoms with van der Waals surface area (Å²) in [7, 11) is 1.75. The summed E-state index contributed by atoms with van der Waals surface area (Å²) in [5.41, 5.74) is 3.23. The van der Waals surface area contributed by atoms with Crippen LogP contribution in [0.4, 0.5) is 11.6 Å². The molecule has 0 aliphatic heterocycles. The smallest absolute Gasteiger partial charge is 0.268 e. The standard InChI is InChI=1S/C27H26N6O3S/c1-4-25(34)32(3)19-8-9-21-20(15-19)30-27(33(21)14-12-18-7-5-6-13-28-18)31-26(35)24-11-10-23(37-24)22-16-29-17(2)36-22/h5-11,13,15-16H,4,12,14H2,1-3H3,(H,30,31,35). The monoisotopic (exact) mass is 514 g/mol. The lowest BCUT2D eigenvalue weighted by Crippen LogP contribution is -2.24. The van der Waals surface area contributed by atoms with Crippen molar-refractivity contribution in [3.63, 3.8) is 0 Å². The first-order valence-corrected chi connectivity index (χ1v) is 12.8. The molecule has 1 aromatic carbocycles. The first-order valence-electron chi connectivity index (χ1n) is 11.9. The van der Waals surface area contributed by atoms with Gasteiger partial charge in [0, 0.05) is 50.9 Å². The molecule has 0 aliphatic carbocycles. The van der Waals surface area contributed by atoms with E-state index in [2.05, 4.69) is 15.3 Å². The van der Waals surface area contributed by atoms with E-state index in [9.17, 15) is 9.59 Å². The highest BCUT2D eigenvalue weighted by molar-refractivity contribution is 7.17. The second-order valence-corrected chi connectivity index (χ2v) is 9.58. The zero-order valence-corrected chi connectivity index (χ0v) is 21.6. The number of pyridine rings is 1. The molecule has 0 unspecified atom stereocenters. The lowest BCUT2D eigenvalue weighted by Gasteiger charge is -2.16. The minimum Gasteiger partial charge on any atom is -0.440 e. The molecule has 0 aliphatic rings. The summed E-state index contributed by atoms with van der Waals surface area (Å²) in [4.78, 5) is 41.7. The lowest BCUT2D eigenvalue weighted by atomic mass is 10.2. The molecule has 2 amide bonds. The van der Waals surface area contributed by atoms with Crippen LogP contribution < -0.4 is 10.2 Å². The Morgan fingerprint density at radius 1 is 1.14 bits per heavy atom. The Hall–Kier alpha value is -4.31. The number of rotatable bonds is 8. The fraction of sp³-hybridized carbons (Fsp3) is 0.222. The topological polar surface area (TPSA) is 106 Å². The van der Waals surface area contributed by atoms with Crippen LogP contribution in [0.3, 0.4) is 0 Å². The van der Waals surface area contributed by atoms with Crippen molar-refractivity contribution in [2.24, 2.45) is 0 Å². The van der Waals surface area contributed by atoms with Crippen LogP contribution in [-0.4, -0.2) is 38.4 Å². The number of hydrogen-bond acceptors (Lipinski definition) is 7. The summed E-state index contributed by atoms with van der Waals surface area (Å²) in [6, 6.07) is 15.1. The van der Waals surface area contributed by atoms with Crippen LogP contribution in [0.1, 0.15) is 34.6 Å². The van der Waals surface area contributed by atoms with Crippen molar-refractivity contribution in [2.45, 2.75) is 33.2 Å². The fourth-order valence-corrected chi connectivity index (χ4v) is 4.88. The van der Waals surface area contributed by atoms with Gasteiger partial charge in [0.25, 0.3) is 5.91 Å². The molecule has 188 valence electrons. The molecule has 0 atom stereocenters. The number of nitrogens with one attached hydrogen (secondary N) is 1. The lowest BCUT2D eigenvalue weighted by molar-refractivity contribution is -0.118. The molecule has 4 heterocycles. The molecule has 0 fully saturated rings. The van der Waals surface area contributed by atoms with Gasteiger partial charge < -0.3 is 13.9 Å². The van der Waals surface area contributed by atoms with E-state index in [0.717, 1.165) is 21.8 Å². The van der Waals surface area contributed by atoms with Gasteiger partial charge in [-0.25, -0.2) is 9.97 Å². The first-order chi connectivity index (χ1) is 17.9. The van der Waals surface area contributed by atoms with Crippen molar-refractivity contribution in [3.8, 4) is 10.6 Å². The number of amides is 2. The molecule has 0 bridgehead atoms. The van der Waals surface area contributed by atoms with Crippen LogP contribution in [0.2, 0.25) is 0 Å². The molecule has 0 spiro atoms. The average molecular weight is 515 g/mol. The Kier molecular flexibility index (Phi) is 6.82. The first kappa shape index (κ1) is 24.4. The fourth-order valence-electron chi connectivity index (χ4n) is 4.03. The number of thiophene rings is 1. The van der Waals surface area contributed by atoms with Gasteiger partial charge in [0.2, 0.25) is 11.9 Å². The highest BCUT2D eigenvalue weighted by atomic mass is 32.1. The molecule has 37 heavy (non-hydrogen) atoms. The molecule has 10 heteroatoms. The maximum Gasteiger partial charge on any atom is 0.268 e. The van der Waals surface area contributed by atoms with Gasteiger partial charge in [-0.05, 0) is 42.5 Å². The summed E-state index contributed by atoms with van der Waals surface area (Å²) in [5, 5.41) is 2.98. The van der Waals surface area contributed by atoms with E-state index in [1.165, 1.54) is 11.3 Å². The molecule has 5 rings (SSSR count). The van der Waals surface area contributed by atoms with Crippen LogP contribution in [0, 0.1) is 6.92 Å². The number of carbonyl (C=O) groups is 2. The largest absolute Gasteiger partial charge is 0.440 e. The number of aryl methyl sites for hydroxylation is 3. The van der Waals surface area contributed by atoms with E-state index in [-0.39, 0.29) is 11.8 Å². The van der Waals surface area contributed by atoms with Gasteiger partial charge in [0.1, 0.15) is 0 Å². The number of fused-ring (bicyclic) bond motifs is 1. The molecule has 0 saturated heterocycles. The highest BCUT2D eigenvalue weighted by Gasteiger charge is 2.19. The summed E-state index contributed by atoms with van der Waals surface area (Å²) in [5.74, 6) is 1.38. The Balaban J connectivity index is 1.46. The SMILES string of the molecule is CCC(=O)N(C)c1ccc2c(c1)nc(NC(=O)c1ccc(-c3cnc(C)o3)s1)n2CCc1ccccn1. The Morgan fingerprint density at radius 3 is 2.73 bits per heavy atom. The number of anilines is 2. The molecule has 5 aromatic rings. The highest BCUT2D eigenvalue weighted by Crippen LogP contribution is 2.30. The Labute approximate surface area is 217 Å². The third kappa shape index (κ3) is 5.14. The van der Waals surface area contributed by atoms with Crippen molar-refractivity contribution in [2.75, 3.05) is 17.3 Å². The second-order valence-electron chi connectivity index (χ2n) is 8.50. The van der Waals surface area contributed by atoms with Gasteiger partial charge in [-0.2, -0.15) is 0 Å². The predicted octanol–water partition coefficient (Wildman–Crippen LogP) is 5.32. The predicted molar refractivity (Wildman–Crippen MR) is 144 cm³/mol. The van der Waals surface area contributed by atoms with Gasteiger partial charge in [0.05, 0.1) is 27.0 Å². The summed E-state index contributed by atoms with van der Waals surface area (Å²) >= 11 is 1.32. The van der Waals surface area contributed by atoms with Crippen molar-refractivity contribution in [1.82, 2.24) is 19.5 Å². The van der Waals surface area contributed by atoms with Crippen LogP contribution in [-0.2, 0) is 17.8 Å². The number of aromatic nitrogens is 4. The van der Waals surface area contributed by atoms with E-state index in [1.807, 2.05) is 54.0 Å². The number of benzene rings is 1. The third-order valence-electron chi connectivity index (χ3n) is 6.03. The quantitative estimate of drug-likeness (QED) is 0.300. The Bertz CT molecular complexity index is 1570. The second kappa shape index (κ2) is 10.4. The molecular formula is C27H26N6O3S. The molecule has 9 nitrogen and oxygen atoms in total. The maximum atomic E-state index is 13.2. The number of nitrogens with zero attached hydrogens (tertiary/aromatic N) is 5. The van der Waals surface area contributed by atoms with Crippen LogP contribution in [0.15, 0.2) is 65.3 Å². The van der Waals surface area contributed by atoms with Crippen LogP contribution in [0.25, 0.3) is 21.7 Å².